The Labute approximate surface area is 56.7 Å². The quantitative estimate of drug-likeness (QED) is 0.468. The molecule has 1 aliphatic heterocycles. The highest BCUT2D eigenvalue weighted by Crippen LogP contribution is 2.09. The molecular formula is C5H7FN2O2. The average molecular weight is 146 g/mol. The molecule has 1 aliphatic rings. The third-order valence-corrected chi connectivity index (χ3v) is 1.07. The van der Waals surface area contributed by atoms with Gasteiger partial charge in [-0.05, 0) is 6.92 Å². The summed E-state index contributed by atoms with van der Waals surface area (Å²) in [4.78, 5) is 3.38. The summed E-state index contributed by atoms with van der Waals surface area (Å²) in [6, 6.07) is 0. The lowest BCUT2D eigenvalue weighted by molar-refractivity contribution is 0.311. The second kappa shape index (κ2) is 2.17. The van der Waals surface area contributed by atoms with Gasteiger partial charge in [0.15, 0.2) is 0 Å². The minimum absolute atomic E-state index is 0.487. The van der Waals surface area contributed by atoms with Crippen LogP contribution < -0.4 is 5.32 Å². The molecular weight excluding hydrogens is 139 g/mol. The van der Waals surface area contributed by atoms with Gasteiger partial charge in [0.2, 0.25) is 11.7 Å². The predicted molar refractivity (Wildman–Crippen MR) is 33.4 cm³/mol. The number of rotatable bonds is 0. The first-order valence-electron chi connectivity index (χ1n) is 2.73. The fraction of sp³-hybridized carbons (Fsp3) is 0.400. The Balaban J connectivity index is 2.90. The van der Waals surface area contributed by atoms with E-state index in [1.54, 1.807) is 6.92 Å². The number of nitrogens with one attached hydrogen (secondary N) is 1. The van der Waals surface area contributed by atoms with Gasteiger partial charge in [0.05, 0.1) is 0 Å². The Kier molecular flexibility index (Phi) is 1.48. The lowest BCUT2D eigenvalue weighted by Crippen LogP contribution is -2.30. The van der Waals surface area contributed by atoms with Crippen LogP contribution in [-0.4, -0.2) is 22.3 Å². The summed E-state index contributed by atoms with van der Waals surface area (Å²) in [5.41, 5.74) is 0. The van der Waals surface area contributed by atoms with E-state index in [0.29, 0.717) is 0 Å². The molecule has 0 aromatic carbocycles. The van der Waals surface area contributed by atoms with Crippen LogP contribution in [0, 0.1) is 0 Å². The maximum absolute atomic E-state index is 12.3. The van der Waals surface area contributed by atoms with Gasteiger partial charge < -0.3 is 15.5 Å². The molecule has 0 fully saturated rings. The van der Waals surface area contributed by atoms with E-state index in [0.717, 1.165) is 0 Å². The van der Waals surface area contributed by atoms with Crippen LogP contribution >= 0.6 is 0 Å². The van der Waals surface area contributed by atoms with Crippen LogP contribution in [0.15, 0.2) is 16.7 Å². The van der Waals surface area contributed by atoms with Crippen molar-refractivity contribution in [2.24, 2.45) is 4.99 Å². The molecule has 0 bridgehead atoms. The molecule has 4 nitrogen and oxygen atoms in total. The van der Waals surface area contributed by atoms with Gasteiger partial charge in [0.25, 0.3) is 5.90 Å². The number of aliphatic imine (C=N–C) groups is 1. The monoisotopic (exact) mass is 146 g/mol. The van der Waals surface area contributed by atoms with Crippen LogP contribution in [0.4, 0.5) is 4.39 Å². The zero-order valence-electron chi connectivity index (χ0n) is 5.30. The SMILES string of the molecule is C[C@@H]1N=C(O)C(F)=C(O)N1. The Morgan fingerprint density at radius 2 is 2.20 bits per heavy atom. The molecule has 0 aliphatic carbocycles. The molecule has 0 radical (unpaired) electrons. The van der Waals surface area contributed by atoms with E-state index in [4.69, 9.17) is 10.2 Å². The number of hydrogen-bond donors (Lipinski definition) is 3. The van der Waals surface area contributed by atoms with Crippen LogP contribution in [0.1, 0.15) is 6.92 Å². The second-order valence-corrected chi connectivity index (χ2v) is 1.94. The summed E-state index contributed by atoms with van der Waals surface area (Å²) in [5.74, 6) is -2.54. The van der Waals surface area contributed by atoms with Crippen LogP contribution in [0.3, 0.4) is 0 Å². The molecule has 0 unspecified atom stereocenters. The minimum Gasteiger partial charge on any atom is -0.493 e. The summed E-state index contributed by atoms with van der Waals surface area (Å²) < 4.78 is 12.3. The lowest BCUT2D eigenvalue weighted by atomic mass is 10.4. The van der Waals surface area contributed by atoms with E-state index in [1.807, 2.05) is 0 Å². The van der Waals surface area contributed by atoms with Crippen molar-refractivity contribution in [3.8, 4) is 0 Å². The van der Waals surface area contributed by atoms with E-state index >= 15 is 0 Å². The molecule has 10 heavy (non-hydrogen) atoms. The van der Waals surface area contributed by atoms with Crippen molar-refractivity contribution >= 4 is 5.90 Å². The highest BCUT2D eigenvalue weighted by atomic mass is 19.1. The molecule has 0 spiro atoms. The van der Waals surface area contributed by atoms with Gasteiger partial charge >= 0.3 is 0 Å². The minimum atomic E-state index is -1.11. The van der Waals surface area contributed by atoms with Crippen molar-refractivity contribution in [2.45, 2.75) is 13.1 Å². The standard InChI is InChI=1S/C5H7FN2O2/c1-2-7-4(9)3(6)5(10)8-2/h2,7,9H,1H3,(H,8,10)/t2-/m0/s1. The Bertz CT molecular complexity index is 212. The van der Waals surface area contributed by atoms with E-state index in [-0.39, 0.29) is 0 Å². The van der Waals surface area contributed by atoms with Gasteiger partial charge in [-0.3, -0.25) is 0 Å². The fourth-order valence-corrected chi connectivity index (χ4v) is 0.639. The molecule has 56 valence electrons. The Hall–Kier alpha value is -1.26. The summed E-state index contributed by atoms with van der Waals surface area (Å²) in [6.45, 7) is 1.57. The van der Waals surface area contributed by atoms with Crippen molar-refractivity contribution in [3.05, 3.63) is 11.7 Å². The molecule has 0 saturated carbocycles. The molecule has 0 saturated heterocycles. The van der Waals surface area contributed by atoms with Crippen molar-refractivity contribution in [2.75, 3.05) is 0 Å². The maximum atomic E-state index is 12.3. The first-order chi connectivity index (χ1) is 4.61. The van der Waals surface area contributed by atoms with Gasteiger partial charge in [-0.15, -0.1) is 0 Å². The molecule has 1 heterocycles. The molecule has 1 atom stereocenters. The third kappa shape index (κ3) is 1.02. The number of aliphatic hydroxyl groups excluding tert-OH is 2. The molecule has 1 rings (SSSR count). The van der Waals surface area contributed by atoms with Gasteiger partial charge in [-0.25, -0.2) is 4.99 Å². The maximum Gasteiger partial charge on any atom is 0.251 e. The first-order valence-corrected chi connectivity index (χ1v) is 2.73. The van der Waals surface area contributed by atoms with Gasteiger partial charge in [0.1, 0.15) is 6.17 Å². The molecule has 0 amide bonds. The fourth-order valence-electron chi connectivity index (χ4n) is 0.639. The number of aliphatic hydroxyl groups is 2. The van der Waals surface area contributed by atoms with Crippen LogP contribution in [0.5, 0.6) is 0 Å². The van der Waals surface area contributed by atoms with E-state index in [2.05, 4.69) is 10.3 Å². The highest BCUT2D eigenvalue weighted by molar-refractivity contribution is 5.90. The van der Waals surface area contributed by atoms with E-state index in [1.165, 1.54) is 0 Å². The Morgan fingerprint density at radius 3 is 2.70 bits per heavy atom. The molecule has 0 aromatic rings. The summed E-state index contributed by atoms with van der Waals surface area (Å²) in [5, 5.41) is 19.6. The largest absolute Gasteiger partial charge is 0.493 e. The topological polar surface area (TPSA) is 64.9 Å². The van der Waals surface area contributed by atoms with Crippen LogP contribution in [0.25, 0.3) is 0 Å². The normalized spacial score (nSPS) is 25.8. The zero-order chi connectivity index (χ0) is 7.72. The summed E-state index contributed by atoms with van der Waals surface area (Å²) in [6.07, 6.45) is -0.487. The summed E-state index contributed by atoms with van der Waals surface area (Å²) in [7, 11) is 0. The predicted octanol–water partition coefficient (Wildman–Crippen LogP) is 0.589. The summed E-state index contributed by atoms with van der Waals surface area (Å²) >= 11 is 0. The van der Waals surface area contributed by atoms with Crippen molar-refractivity contribution in [1.82, 2.24) is 5.32 Å². The average Bonchev–Trinajstić information content (AvgIpc) is 1.82. The third-order valence-electron chi connectivity index (χ3n) is 1.07. The van der Waals surface area contributed by atoms with Crippen molar-refractivity contribution < 1.29 is 14.6 Å². The zero-order valence-corrected chi connectivity index (χ0v) is 5.30. The van der Waals surface area contributed by atoms with Gasteiger partial charge in [-0.2, -0.15) is 4.39 Å². The smallest absolute Gasteiger partial charge is 0.251 e. The van der Waals surface area contributed by atoms with Crippen LogP contribution in [0.2, 0.25) is 0 Å². The number of hydrogen-bond acceptors (Lipinski definition) is 3. The lowest BCUT2D eigenvalue weighted by Gasteiger charge is -2.14. The van der Waals surface area contributed by atoms with E-state index in [9.17, 15) is 4.39 Å². The number of nitrogens with zero attached hydrogens (tertiary/aromatic N) is 1. The number of halogens is 1. The first kappa shape index (κ1) is 6.85. The molecule has 3 N–H and O–H groups in total. The Morgan fingerprint density at radius 1 is 1.60 bits per heavy atom. The molecule has 0 aromatic heterocycles. The molecule has 5 heteroatoms. The van der Waals surface area contributed by atoms with Crippen molar-refractivity contribution in [3.63, 3.8) is 0 Å². The van der Waals surface area contributed by atoms with Gasteiger partial charge in [0, 0.05) is 0 Å². The van der Waals surface area contributed by atoms with Gasteiger partial charge in [-0.1, -0.05) is 0 Å². The van der Waals surface area contributed by atoms with Crippen molar-refractivity contribution in [1.29, 1.82) is 0 Å². The highest BCUT2D eigenvalue weighted by Gasteiger charge is 2.19. The van der Waals surface area contributed by atoms with Crippen LogP contribution in [-0.2, 0) is 0 Å². The second-order valence-electron chi connectivity index (χ2n) is 1.94. The van der Waals surface area contributed by atoms with E-state index < -0.39 is 23.8 Å².